The van der Waals surface area contributed by atoms with Crippen LogP contribution in [0.25, 0.3) is 0 Å². The maximum atomic E-state index is 10.2. The molecule has 4 N–H and O–H groups in total. The lowest BCUT2D eigenvalue weighted by Gasteiger charge is -2.16. The first-order valence-corrected chi connectivity index (χ1v) is 11.5. The lowest BCUT2D eigenvalue weighted by atomic mass is 10.0. The van der Waals surface area contributed by atoms with Crippen LogP contribution in [0, 0.1) is 5.92 Å². The number of aromatic carboxylic acids is 1. The molecule has 1 aromatic carbocycles. The van der Waals surface area contributed by atoms with Crippen molar-refractivity contribution < 1.29 is 30.0 Å². The quantitative estimate of drug-likeness (QED) is 0.290. The van der Waals surface area contributed by atoms with E-state index in [4.69, 9.17) is 20.4 Å². The zero-order valence-electron chi connectivity index (χ0n) is 19.8. The van der Waals surface area contributed by atoms with Gasteiger partial charge in [-0.05, 0) is 32.4 Å². The Balaban J connectivity index is 0. The van der Waals surface area contributed by atoms with Crippen LogP contribution >= 0.6 is 0 Å². The predicted molar refractivity (Wildman–Crippen MR) is 125 cm³/mol. The van der Waals surface area contributed by atoms with Gasteiger partial charge in [-0.2, -0.15) is 0 Å². The maximum Gasteiger partial charge on any atom is 0.335 e. The second-order valence-corrected chi connectivity index (χ2v) is 7.98. The SMILES string of the molecule is CC(O)C(C)C(C)O.CCCCCCCCCCCC(=O)O.O=C(O)c1ccccc1. The van der Waals surface area contributed by atoms with Gasteiger partial charge in [0.25, 0.3) is 0 Å². The fourth-order valence-electron chi connectivity index (χ4n) is 2.57. The van der Waals surface area contributed by atoms with E-state index in [0.29, 0.717) is 12.0 Å². The minimum atomic E-state index is -0.879. The zero-order valence-corrected chi connectivity index (χ0v) is 19.8. The van der Waals surface area contributed by atoms with Crippen molar-refractivity contribution in [3.05, 3.63) is 35.9 Å². The van der Waals surface area contributed by atoms with E-state index < -0.39 is 24.1 Å². The summed E-state index contributed by atoms with van der Waals surface area (Å²) in [5.74, 6) is -1.56. The van der Waals surface area contributed by atoms with Gasteiger partial charge in [-0.1, -0.05) is 83.4 Å². The molecule has 0 saturated heterocycles. The Morgan fingerprint density at radius 1 is 0.742 bits per heavy atom. The van der Waals surface area contributed by atoms with Crippen molar-refractivity contribution in [2.45, 2.75) is 104 Å². The third-order valence-corrected chi connectivity index (χ3v) is 5.04. The van der Waals surface area contributed by atoms with E-state index in [1.54, 1.807) is 44.2 Å². The highest BCUT2D eigenvalue weighted by molar-refractivity contribution is 5.87. The number of unbranched alkanes of at least 4 members (excludes halogenated alkanes) is 8. The molecule has 0 aliphatic heterocycles. The standard InChI is InChI=1S/C12H24O2.C7H6O2.C6H14O2/c1-2-3-4-5-6-7-8-9-10-11-12(13)14;8-7(9)6-4-2-1-3-5-6;1-4(5(2)7)6(3)8/h2-11H2,1H3,(H,13,14);1-5H,(H,8,9);4-8H,1-3H3. The van der Waals surface area contributed by atoms with Crippen molar-refractivity contribution in [1.82, 2.24) is 0 Å². The highest BCUT2D eigenvalue weighted by Gasteiger charge is 2.13. The summed E-state index contributed by atoms with van der Waals surface area (Å²) >= 11 is 0. The molecule has 6 nitrogen and oxygen atoms in total. The van der Waals surface area contributed by atoms with Gasteiger partial charge in [0.15, 0.2) is 0 Å². The number of carbonyl (C=O) groups is 2. The van der Waals surface area contributed by atoms with Crippen molar-refractivity contribution in [2.75, 3.05) is 0 Å². The summed E-state index contributed by atoms with van der Waals surface area (Å²) in [6.45, 7) is 7.40. The second-order valence-electron chi connectivity index (χ2n) is 7.98. The number of aliphatic hydroxyl groups is 2. The van der Waals surface area contributed by atoms with Crippen LogP contribution in [0.3, 0.4) is 0 Å². The fraction of sp³-hybridized carbons (Fsp3) is 0.680. The number of hydrogen-bond donors (Lipinski definition) is 4. The Hall–Kier alpha value is -1.92. The number of carboxylic acid groups (broad SMARTS) is 2. The van der Waals surface area contributed by atoms with Crippen molar-refractivity contribution in [1.29, 1.82) is 0 Å². The second kappa shape index (κ2) is 21.3. The minimum absolute atomic E-state index is 0.0185. The van der Waals surface area contributed by atoms with Crippen LogP contribution in [0.15, 0.2) is 30.3 Å². The molecule has 0 spiro atoms. The van der Waals surface area contributed by atoms with E-state index in [1.165, 1.54) is 44.9 Å². The van der Waals surface area contributed by atoms with Crippen LogP contribution < -0.4 is 0 Å². The summed E-state index contributed by atoms with van der Waals surface area (Å²) in [6, 6.07) is 8.30. The smallest absolute Gasteiger partial charge is 0.335 e. The zero-order chi connectivity index (χ0) is 24.1. The van der Waals surface area contributed by atoms with Crippen LogP contribution in [0.5, 0.6) is 0 Å². The molecule has 0 aliphatic rings. The molecule has 0 amide bonds. The molecule has 0 radical (unpaired) electrons. The van der Waals surface area contributed by atoms with Gasteiger partial charge >= 0.3 is 11.9 Å². The lowest BCUT2D eigenvalue weighted by molar-refractivity contribution is -0.137. The van der Waals surface area contributed by atoms with Gasteiger partial charge < -0.3 is 20.4 Å². The van der Waals surface area contributed by atoms with E-state index in [2.05, 4.69) is 6.92 Å². The van der Waals surface area contributed by atoms with E-state index in [9.17, 15) is 9.59 Å². The summed E-state index contributed by atoms with van der Waals surface area (Å²) in [5, 5.41) is 34.5. The number of aliphatic carboxylic acids is 1. The van der Waals surface area contributed by atoms with Crippen LogP contribution in [0.4, 0.5) is 0 Å². The molecule has 180 valence electrons. The highest BCUT2D eigenvalue weighted by Crippen LogP contribution is 2.10. The molecule has 2 atom stereocenters. The average molecular weight is 441 g/mol. The fourth-order valence-corrected chi connectivity index (χ4v) is 2.57. The molecule has 1 aromatic rings. The van der Waals surface area contributed by atoms with E-state index >= 15 is 0 Å². The molecule has 0 aromatic heterocycles. The summed E-state index contributed by atoms with van der Waals surface area (Å²) < 4.78 is 0. The minimum Gasteiger partial charge on any atom is -0.481 e. The van der Waals surface area contributed by atoms with Crippen LogP contribution in [-0.4, -0.2) is 44.6 Å². The van der Waals surface area contributed by atoms with Gasteiger partial charge in [0.2, 0.25) is 0 Å². The number of rotatable bonds is 13. The number of carboxylic acids is 2. The number of benzene rings is 1. The first kappa shape index (κ1) is 31.3. The molecular formula is C25H44O6. The topological polar surface area (TPSA) is 115 Å². The molecule has 6 heteroatoms. The van der Waals surface area contributed by atoms with Gasteiger partial charge in [-0.3, -0.25) is 4.79 Å². The number of aliphatic hydroxyl groups excluding tert-OH is 2. The Kier molecular flexibility index (Phi) is 21.5. The van der Waals surface area contributed by atoms with Gasteiger partial charge in [0, 0.05) is 12.3 Å². The molecule has 0 heterocycles. The third kappa shape index (κ3) is 22.6. The molecule has 0 saturated carbocycles. The van der Waals surface area contributed by atoms with Crippen molar-refractivity contribution in [2.24, 2.45) is 5.92 Å². The molecule has 31 heavy (non-hydrogen) atoms. The van der Waals surface area contributed by atoms with E-state index in [1.807, 2.05) is 6.92 Å². The molecule has 0 aliphatic carbocycles. The summed E-state index contributed by atoms with van der Waals surface area (Å²) in [5.41, 5.74) is 0.331. The van der Waals surface area contributed by atoms with Crippen LogP contribution in [0.2, 0.25) is 0 Å². The van der Waals surface area contributed by atoms with E-state index in [0.717, 1.165) is 12.8 Å². The normalized spacial score (nSPS) is 13.0. The van der Waals surface area contributed by atoms with Crippen molar-refractivity contribution in [3.8, 4) is 0 Å². The molecular weight excluding hydrogens is 396 g/mol. The van der Waals surface area contributed by atoms with E-state index in [-0.39, 0.29) is 5.92 Å². The maximum absolute atomic E-state index is 10.2. The molecule has 2 unspecified atom stereocenters. The lowest BCUT2D eigenvalue weighted by Crippen LogP contribution is -2.24. The number of hydrogen-bond acceptors (Lipinski definition) is 4. The van der Waals surface area contributed by atoms with Gasteiger partial charge in [0.1, 0.15) is 0 Å². The highest BCUT2D eigenvalue weighted by atomic mass is 16.4. The van der Waals surface area contributed by atoms with Crippen molar-refractivity contribution in [3.63, 3.8) is 0 Å². The summed E-state index contributed by atoms with van der Waals surface area (Å²) in [6.07, 6.45) is 10.7. The van der Waals surface area contributed by atoms with Crippen LogP contribution in [0.1, 0.15) is 102 Å². The van der Waals surface area contributed by atoms with Crippen LogP contribution in [-0.2, 0) is 4.79 Å². The summed E-state index contributed by atoms with van der Waals surface area (Å²) in [7, 11) is 0. The molecule has 0 bridgehead atoms. The molecule has 0 fully saturated rings. The van der Waals surface area contributed by atoms with Gasteiger partial charge in [-0.25, -0.2) is 4.79 Å². The first-order valence-electron chi connectivity index (χ1n) is 11.5. The van der Waals surface area contributed by atoms with Gasteiger partial charge in [0.05, 0.1) is 17.8 Å². The Labute approximate surface area is 188 Å². The third-order valence-electron chi connectivity index (χ3n) is 5.04. The Morgan fingerprint density at radius 2 is 1.16 bits per heavy atom. The molecule has 1 rings (SSSR count). The van der Waals surface area contributed by atoms with Crippen molar-refractivity contribution >= 4 is 11.9 Å². The average Bonchev–Trinajstić information content (AvgIpc) is 2.73. The Morgan fingerprint density at radius 3 is 1.45 bits per heavy atom. The largest absolute Gasteiger partial charge is 0.481 e. The Bertz CT molecular complexity index is 534. The summed E-state index contributed by atoms with van der Waals surface area (Å²) in [4.78, 5) is 20.4. The van der Waals surface area contributed by atoms with Gasteiger partial charge in [-0.15, -0.1) is 0 Å². The monoisotopic (exact) mass is 440 g/mol. The predicted octanol–water partition coefficient (Wildman–Crippen LogP) is 5.76. The first-order chi connectivity index (χ1) is 14.6.